The van der Waals surface area contributed by atoms with Crippen molar-refractivity contribution in [3.63, 3.8) is 0 Å². The average Bonchev–Trinajstić information content (AvgIpc) is 2.43. The zero-order valence-electron chi connectivity index (χ0n) is 17.8. The fraction of sp³-hybridized carbons (Fsp3) is 0.450. The van der Waals surface area contributed by atoms with Gasteiger partial charge in [0, 0.05) is 22.8 Å². The summed E-state index contributed by atoms with van der Waals surface area (Å²) in [5.41, 5.74) is 4.17. The molecule has 3 aromatic rings. The second-order valence-electron chi connectivity index (χ2n) is 6.37. The Hall–Kier alpha value is -2.83. The van der Waals surface area contributed by atoms with Gasteiger partial charge in [-0.05, 0) is 74.4 Å². The first-order valence-electron chi connectivity index (χ1n) is 8.79. The summed E-state index contributed by atoms with van der Waals surface area (Å²) < 4.78 is 0. The molecule has 0 N–H and O–H groups in total. The summed E-state index contributed by atoms with van der Waals surface area (Å²) in [5.74, 6) is 4.08. The average molecular weight is 368 g/mol. The second-order valence-corrected chi connectivity index (χ2v) is 6.37. The van der Waals surface area contributed by atoms with Crippen LogP contribution in [0.1, 0.15) is 51.9 Å². The van der Waals surface area contributed by atoms with Crippen LogP contribution in [0.15, 0.2) is 12.1 Å². The van der Waals surface area contributed by atoms with Crippen molar-refractivity contribution in [1.82, 2.24) is 34.9 Å². The largest absolute Gasteiger partial charge is 0.239 e. The maximum Gasteiger partial charge on any atom is 0.129 e. The van der Waals surface area contributed by atoms with Crippen molar-refractivity contribution < 1.29 is 0 Å². The molecule has 0 bridgehead atoms. The van der Waals surface area contributed by atoms with Crippen molar-refractivity contribution in [1.29, 1.82) is 0 Å². The van der Waals surface area contributed by atoms with E-state index >= 15 is 0 Å². The van der Waals surface area contributed by atoms with Crippen LogP contribution in [0.5, 0.6) is 0 Å². The number of hydrogen-bond acceptors (Lipinski definition) is 7. The van der Waals surface area contributed by atoms with Crippen molar-refractivity contribution in [2.24, 2.45) is 0 Å². The Morgan fingerprint density at radius 1 is 0.333 bits per heavy atom. The van der Waals surface area contributed by atoms with E-state index in [1.807, 2.05) is 74.4 Å². The van der Waals surface area contributed by atoms with Crippen LogP contribution >= 0.6 is 0 Å². The Morgan fingerprint density at radius 2 is 0.519 bits per heavy atom. The summed E-state index contributed by atoms with van der Waals surface area (Å²) in [6.07, 6.45) is 0. The molecule has 0 amide bonds. The van der Waals surface area contributed by atoms with Crippen LogP contribution in [-0.4, -0.2) is 34.9 Å². The first-order valence-corrected chi connectivity index (χ1v) is 8.79. The van der Waals surface area contributed by atoms with Crippen LogP contribution in [0.25, 0.3) is 0 Å². The smallest absolute Gasteiger partial charge is 0.129 e. The molecule has 0 aliphatic carbocycles. The first kappa shape index (κ1) is 22.2. The molecule has 0 aliphatic heterocycles. The summed E-state index contributed by atoms with van der Waals surface area (Å²) in [6, 6.07) is 3.93. The lowest BCUT2D eigenvalue weighted by Gasteiger charge is -1.95. The second kappa shape index (κ2) is 10.4. The summed E-state index contributed by atoms with van der Waals surface area (Å²) in [7, 11) is 0. The number of aryl methyl sites for hydroxylation is 9. The highest BCUT2D eigenvalue weighted by Crippen LogP contribution is 1.97. The Kier molecular flexibility index (Phi) is 8.51. The van der Waals surface area contributed by atoms with E-state index in [0.29, 0.717) is 0 Å². The summed E-state index contributed by atoms with van der Waals surface area (Å²) in [5, 5.41) is 0. The first-order chi connectivity index (χ1) is 12.5. The van der Waals surface area contributed by atoms with Crippen molar-refractivity contribution in [3.05, 3.63) is 64.0 Å². The summed E-state index contributed by atoms with van der Waals surface area (Å²) in [4.78, 5) is 28.5. The molecule has 27 heavy (non-hydrogen) atoms. The van der Waals surface area contributed by atoms with Crippen molar-refractivity contribution in [3.8, 4) is 0 Å². The van der Waals surface area contributed by atoms with Gasteiger partial charge in [0.15, 0.2) is 0 Å². The maximum atomic E-state index is 4.12. The molecule has 0 saturated heterocycles. The third-order valence-corrected chi connectivity index (χ3v) is 3.16. The molecular weight excluding hydrogens is 338 g/mol. The third-order valence-electron chi connectivity index (χ3n) is 3.16. The standard InChI is InChI=1S/2C7H10N2.C6H9N3/c2*1-5-4-6(2)9-7(3)8-5;1-4-7-5(2)9-6(3)8-4/h2*4H,1-3H3;1-3H3. The van der Waals surface area contributed by atoms with E-state index in [2.05, 4.69) is 34.9 Å². The van der Waals surface area contributed by atoms with Crippen LogP contribution in [0, 0.1) is 62.3 Å². The van der Waals surface area contributed by atoms with Crippen LogP contribution in [0.3, 0.4) is 0 Å². The normalized spacial score (nSPS) is 9.67. The SMILES string of the molecule is Cc1cc(C)nc(C)n1.Cc1cc(C)nc(C)n1.Cc1nc(C)nc(C)n1. The number of aromatic nitrogens is 7. The van der Waals surface area contributed by atoms with Gasteiger partial charge < -0.3 is 0 Å². The Balaban J connectivity index is 0.000000202. The van der Waals surface area contributed by atoms with Gasteiger partial charge >= 0.3 is 0 Å². The molecule has 7 heteroatoms. The fourth-order valence-electron chi connectivity index (χ4n) is 2.58. The maximum absolute atomic E-state index is 4.12. The van der Waals surface area contributed by atoms with Crippen molar-refractivity contribution in [2.45, 2.75) is 62.3 Å². The Labute approximate surface area is 161 Å². The van der Waals surface area contributed by atoms with Gasteiger partial charge in [0.05, 0.1) is 0 Å². The Morgan fingerprint density at radius 3 is 0.704 bits per heavy atom. The lowest BCUT2D eigenvalue weighted by atomic mass is 10.3. The van der Waals surface area contributed by atoms with E-state index < -0.39 is 0 Å². The molecule has 0 fully saturated rings. The third kappa shape index (κ3) is 9.44. The molecule has 0 aromatic carbocycles. The van der Waals surface area contributed by atoms with Crippen LogP contribution in [-0.2, 0) is 0 Å². The zero-order chi connectivity index (χ0) is 20.6. The van der Waals surface area contributed by atoms with Gasteiger partial charge in [0.25, 0.3) is 0 Å². The molecule has 0 unspecified atom stereocenters. The highest BCUT2D eigenvalue weighted by atomic mass is 15.0. The van der Waals surface area contributed by atoms with E-state index in [4.69, 9.17) is 0 Å². The van der Waals surface area contributed by atoms with Crippen LogP contribution < -0.4 is 0 Å². The molecule has 144 valence electrons. The highest BCUT2D eigenvalue weighted by molar-refractivity contribution is 5.07. The predicted octanol–water partition coefficient (Wildman–Crippen LogP) is 3.60. The summed E-state index contributed by atoms with van der Waals surface area (Å²) in [6.45, 7) is 17.3. The van der Waals surface area contributed by atoms with Gasteiger partial charge in [-0.2, -0.15) is 0 Å². The molecule has 3 rings (SSSR count). The van der Waals surface area contributed by atoms with E-state index in [0.717, 1.165) is 51.9 Å². The van der Waals surface area contributed by atoms with Gasteiger partial charge in [-0.3, -0.25) is 0 Å². The quantitative estimate of drug-likeness (QED) is 0.599. The van der Waals surface area contributed by atoms with E-state index in [1.54, 1.807) is 0 Å². The topological polar surface area (TPSA) is 90.2 Å². The minimum absolute atomic E-state index is 0.792. The molecular formula is C20H29N7. The monoisotopic (exact) mass is 367 g/mol. The van der Waals surface area contributed by atoms with Crippen LogP contribution in [0.4, 0.5) is 0 Å². The molecule has 0 atom stereocenters. The van der Waals surface area contributed by atoms with Gasteiger partial charge in [-0.15, -0.1) is 0 Å². The summed E-state index contributed by atoms with van der Waals surface area (Å²) >= 11 is 0. The lowest BCUT2D eigenvalue weighted by molar-refractivity contribution is 0.875. The predicted molar refractivity (Wildman–Crippen MR) is 107 cm³/mol. The molecule has 0 aliphatic rings. The fourth-order valence-corrected chi connectivity index (χ4v) is 2.58. The number of rotatable bonds is 0. The molecule has 7 nitrogen and oxygen atoms in total. The van der Waals surface area contributed by atoms with E-state index in [1.165, 1.54) is 0 Å². The minimum atomic E-state index is 0.792. The van der Waals surface area contributed by atoms with Gasteiger partial charge in [-0.25, -0.2) is 34.9 Å². The molecule has 0 saturated carbocycles. The van der Waals surface area contributed by atoms with E-state index in [9.17, 15) is 0 Å². The zero-order valence-corrected chi connectivity index (χ0v) is 17.8. The van der Waals surface area contributed by atoms with E-state index in [-0.39, 0.29) is 0 Å². The lowest BCUT2D eigenvalue weighted by Crippen LogP contribution is -1.97. The molecule has 0 radical (unpaired) electrons. The van der Waals surface area contributed by atoms with Gasteiger partial charge in [-0.1, -0.05) is 0 Å². The molecule has 3 heterocycles. The van der Waals surface area contributed by atoms with Gasteiger partial charge in [0.2, 0.25) is 0 Å². The number of hydrogen-bond donors (Lipinski definition) is 0. The van der Waals surface area contributed by atoms with Gasteiger partial charge in [0.1, 0.15) is 29.1 Å². The van der Waals surface area contributed by atoms with Crippen molar-refractivity contribution >= 4 is 0 Å². The Bertz CT molecular complexity index is 622. The minimum Gasteiger partial charge on any atom is -0.239 e. The van der Waals surface area contributed by atoms with Crippen LogP contribution in [0.2, 0.25) is 0 Å². The number of nitrogens with zero attached hydrogens (tertiary/aromatic N) is 7. The molecule has 3 aromatic heterocycles. The molecule has 0 spiro atoms. The highest BCUT2D eigenvalue weighted by Gasteiger charge is 1.92. The van der Waals surface area contributed by atoms with Crippen molar-refractivity contribution in [2.75, 3.05) is 0 Å².